The monoisotopic (exact) mass is 335 g/mol. The highest BCUT2D eigenvalue weighted by atomic mass is 16.5. The molecular formula is C20H21N3O2. The minimum absolute atomic E-state index is 0.139. The van der Waals surface area contributed by atoms with Gasteiger partial charge in [0.2, 0.25) is 0 Å². The number of nitrogens with zero attached hydrogens (tertiary/aromatic N) is 2. The molecule has 0 unspecified atom stereocenters. The van der Waals surface area contributed by atoms with Gasteiger partial charge in [-0.25, -0.2) is 4.98 Å². The largest absolute Gasteiger partial charge is 0.481 e. The second kappa shape index (κ2) is 7.66. The van der Waals surface area contributed by atoms with E-state index in [1.807, 2.05) is 66.2 Å². The van der Waals surface area contributed by atoms with Gasteiger partial charge in [-0.05, 0) is 49.2 Å². The van der Waals surface area contributed by atoms with E-state index in [0.717, 1.165) is 16.8 Å². The zero-order valence-electron chi connectivity index (χ0n) is 14.3. The van der Waals surface area contributed by atoms with E-state index in [2.05, 4.69) is 10.3 Å². The van der Waals surface area contributed by atoms with Crippen molar-refractivity contribution in [1.82, 2.24) is 14.9 Å². The molecule has 1 amide bonds. The number of amides is 1. The first-order chi connectivity index (χ1) is 12.1. The van der Waals surface area contributed by atoms with Crippen molar-refractivity contribution >= 4 is 5.91 Å². The minimum atomic E-state index is -0.549. The summed E-state index contributed by atoms with van der Waals surface area (Å²) in [4.78, 5) is 16.2. The summed E-state index contributed by atoms with van der Waals surface area (Å²) >= 11 is 0. The molecule has 0 radical (unpaired) electrons. The van der Waals surface area contributed by atoms with Crippen molar-refractivity contribution in [3.8, 4) is 11.4 Å². The van der Waals surface area contributed by atoms with Gasteiger partial charge in [-0.1, -0.05) is 24.3 Å². The Bertz CT molecular complexity index is 826. The summed E-state index contributed by atoms with van der Waals surface area (Å²) in [5.74, 6) is 0.563. The fourth-order valence-electron chi connectivity index (χ4n) is 2.48. The first-order valence-electron chi connectivity index (χ1n) is 8.20. The van der Waals surface area contributed by atoms with Crippen molar-refractivity contribution in [1.29, 1.82) is 0 Å². The van der Waals surface area contributed by atoms with Crippen LogP contribution in [0.15, 0.2) is 67.3 Å². The molecule has 0 fully saturated rings. The summed E-state index contributed by atoms with van der Waals surface area (Å²) in [5.41, 5.74) is 3.16. The van der Waals surface area contributed by atoms with Crippen molar-refractivity contribution in [3.05, 3.63) is 78.4 Å². The molecule has 2 aromatic carbocycles. The van der Waals surface area contributed by atoms with Crippen LogP contribution in [0.4, 0.5) is 0 Å². The van der Waals surface area contributed by atoms with Gasteiger partial charge in [-0.15, -0.1) is 0 Å². The van der Waals surface area contributed by atoms with Gasteiger partial charge in [-0.2, -0.15) is 0 Å². The van der Waals surface area contributed by atoms with E-state index in [-0.39, 0.29) is 5.91 Å². The lowest BCUT2D eigenvalue weighted by Gasteiger charge is -2.15. The number of aromatic nitrogens is 2. The molecule has 0 saturated heterocycles. The molecule has 1 heterocycles. The summed E-state index contributed by atoms with van der Waals surface area (Å²) in [6, 6.07) is 15.6. The number of hydrogen-bond donors (Lipinski definition) is 1. The lowest BCUT2D eigenvalue weighted by atomic mass is 10.2. The van der Waals surface area contributed by atoms with Gasteiger partial charge in [0, 0.05) is 24.6 Å². The van der Waals surface area contributed by atoms with Crippen molar-refractivity contribution in [2.24, 2.45) is 0 Å². The Kier molecular flexibility index (Phi) is 5.14. The number of rotatable bonds is 6. The third-order valence-electron chi connectivity index (χ3n) is 3.88. The molecule has 3 aromatic rings. The van der Waals surface area contributed by atoms with Gasteiger partial charge in [0.25, 0.3) is 5.91 Å². The molecule has 0 saturated carbocycles. The van der Waals surface area contributed by atoms with E-state index < -0.39 is 6.10 Å². The minimum Gasteiger partial charge on any atom is -0.481 e. The summed E-state index contributed by atoms with van der Waals surface area (Å²) < 4.78 is 7.62. The summed E-state index contributed by atoms with van der Waals surface area (Å²) in [6.07, 6.45) is 4.83. The lowest BCUT2D eigenvalue weighted by molar-refractivity contribution is -0.127. The molecule has 1 atom stereocenters. The van der Waals surface area contributed by atoms with E-state index in [4.69, 9.17) is 4.74 Å². The summed E-state index contributed by atoms with van der Waals surface area (Å²) in [6.45, 7) is 4.20. The maximum Gasteiger partial charge on any atom is 0.261 e. The zero-order chi connectivity index (χ0) is 17.6. The first-order valence-corrected chi connectivity index (χ1v) is 8.20. The van der Waals surface area contributed by atoms with Crippen LogP contribution in [0.3, 0.4) is 0 Å². The molecule has 0 bridgehead atoms. The number of benzene rings is 2. The van der Waals surface area contributed by atoms with Crippen molar-refractivity contribution in [2.45, 2.75) is 26.5 Å². The Hall–Kier alpha value is -3.08. The molecule has 128 valence electrons. The van der Waals surface area contributed by atoms with Gasteiger partial charge in [0.15, 0.2) is 6.10 Å². The quantitative estimate of drug-likeness (QED) is 0.752. The molecule has 0 aliphatic rings. The highest BCUT2D eigenvalue weighted by Crippen LogP contribution is 2.14. The molecule has 5 nitrogen and oxygen atoms in total. The normalized spacial score (nSPS) is 11.8. The van der Waals surface area contributed by atoms with Crippen molar-refractivity contribution < 1.29 is 9.53 Å². The van der Waals surface area contributed by atoms with Gasteiger partial charge in [0.1, 0.15) is 5.75 Å². The van der Waals surface area contributed by atoms with Gasteiger partial charge >= 0.3 is 0 Å². The molecule has 1 aromatic heterocycles. The van der Waals surface area contributed by atoms with Crippen LogP contribution in [0.25, 0.3) is 5.69 Å². The highest BCUT2D eigenvalue weighted by Gasteiger charge is 2.14. The number of carbonyl (C=O) groups is 1. The predicted molar refractivity (Wildman–Crippen MR) is 96.7 cm³/mol. The number of aryl methyl sites for hydroxylation is 1. The second-order valence-electron chi connectivity index (χ2n) is 5.93. The Balaban J connectivity index is 1.53. The van der Waals surface area contributed by atoms with E-state index in [1.54, 1.807) is 19.4 Å². The SMILES string of the molecule is Cc1cccc(O[C@@H](C)C(=O)NCc2ccc(-n3ccnc3)cc2)c1. The zero-order valence-corrected chi connectivity index (χ0v) is 14.3. The molecule has 5 heteroatoms. The van der Waals surface area contributed by atoms with Crippen LogP contribution in [-0.4, -0.2) is 21.6 Å². The van der Waals surface area contributed by atoms with E-state index in [1.165, 1.54) is 0 Å². The number of carbonyl (C=O) groups excluding carboxylic acids is 1. The number of ether oxygens (including phenoxy) is 1. The smallest absolute Gasteiger partial charge is 0.261 e. The summed E-state index contributed by atoms with van der Waals surface area (Å²) in [5, 5.41) is 2.90. The maximum absolute atomic E-state index is 12.2. The number of hydrogen-bond acceptors (Lipinski definition) is 3. The van der Waals surface area contributed by atoms with Crippen LogP contribution in [-0.2, 0) is 11.3 Å². The van der Waals surface area contributed by atoms with Gasteiger partial charge in [-0.3, -0.25) is 4.79 Å². The van der Waals surface area contributed by atoms with Crippen LogP contribution in [0.1, 0.15) is 18.1 Å². The fourth-order valence-corrected chi connectivity index (χ4v) is 2.48. The second-order valence-corrected chi connectivity index (χ2v) is 5.93. The molecule has 0 aliphatic carbocycles. The predicted octanol–water partition coefficient (Wildman–Crippen LogP) is 3.26. The average Bonchev–Trinajstić information content (AvgIpc) is 3.14. The molecule has 0 spiro atoms. The van der Waals surface area contributed by atoms with Crippen LogP contribution < -0.4 is 10.1 Å². The molecule has 25 heavy (non-hydrogen) atoms. The molecule has 3 rings (SSSR count). The maximum atomic E-state index is 12.2. The van der Waals surface area contributed by atoms with E-state index >= 15 is 0 Å². The fraction of sp³-hybridized carbons (Fsp3) is 0.200. The van der Waals surface area contributed by atoms with Crippen LogP contribution >= 0.6 is 0 Å². The summed E-state index contributed by atoms with van der Waals surface area (Å²) in [7, 11) is 0. The van der Waals surface area contributed by atoms with Gasteiger partial charge in [0.05, 0.1) is 6.33 Å². The molecular weight excluding hydrogens is 314 g/mol. The number of nitrogens with one attached hydrogen (secondary N) is 1. The standard InChI is InChI=1S/C20H21N3O2/c1-15-4-3-5-19(12-15)25-16(2)20(24)22-13-17-6-8-18(9-7-17)23-11-10-21-14-23/h3-12,14,16H,13H2,1-2H3,(H,22,24)/t16-/m0/s1. The third kappa shape index (κ3) is 4.47. The Morgan fingerprint density at radius 3 is 2.72 bits per heavy atom. The highest BCUT2D eigenvalue weighted by molar-refractivity contribution is 5.80. The van der Waals surface area contributed by atoms with Crippen LogP contribution in [0.2, 0.25) is 0 Å². The first kappa shape index (κ1) is 16.8. The number of imidazole rings is 1. The Labute approximate surface area is 147 Å². The topological polar surface area (TPSA) is 56.1 Å². The van der Waals surface area contributed by atoms with Gasteiger partial charge < -0.3 is 14.6 Å². The molecule has 0 aliphatic heterocycles. The van der Waals surface area contributed by atoms with Crippen molar-refractivity contribution in [3.63, 3.8) is 0 Å². The third-order valence-corrected chi connectivity index (χ3v) is 3.88. The van der Waals surface area contributed by atoms with E-state index in [0.29, 0.717) is 12.3 Å². The van der Waals surface area contributed by atoms with Crippen molar-refractivity contribution in [2.75, 3.05) is 0 Å². The van der Waals surface area contributed by atoms with Crippen LogP contribution in [0, 0.1) is 6.92 Å². The Morgan fingerprint density at radius 2 is 2.04 bits per heavy atom. The Morgan fingerprint density at radius 1 is 1.24 bits per heavy atom. The average molecular weight is 335 g/mol. The van der Waals surface area contributed by atoms with E-state index in [9.17, 15) is 4.79 Å². The molecule has 1 N–H and O–H groups in total. The lowest BCUT2D eigenvalue weighted by Crippen LogP contribution is -2.35. The van der Waals surface area contributed by atoms with Crippen LogP contribution in [0.5, 0.6) is 5.75 Å².